The standard InChI is InChI=1S/2C8H14O2/c1-6(2)4-5-7(3)8(9)10;1-3-4-5-6-7(2)8(9)10/h5-6H,4H2,1-3H3,(H,9,10);6H,3-5H2,1-2H3,(H,9,10). The van der Waals surface area contributed by atoms with Crippen LogP contribution in [0.1, 0.15) is 60.3 Å². The van der Waals surface area contributed by atoms with Crippen molar-refractivity contribution in [3.05, 3.63) is 23.3 Å². The Kier molecular flexibility index (Phi) is 12.9. The van der Waals surface area contributed by atoms with Gasteiger partial charge in [0.15, 0.2) is 0 Å². The lowest BCUT2D eigenvalue weighted by molar-refractivity contribution is -0.133. The maximum absolute atomic E-state index is 10.2. The van der Waals surface area contributed by atoms with Gasteiger partial charge in [0.05, 0.1) is 0 Å². The molecule has 0 rings (SSSR count). The molecule has 0 aromatic rings. The number of carbonyl (C=O) groups is 2. The molecule has 4 nitrogen and oxygen atoms in total. The van der Waals surface area contributed by atoms with Gasteiger partial charge in [-0.15, -0.1) is 0 Å². The third-order valence-corrected chi connectivity index (χ3v) is 2.58. The number of allylic oxidation sites excluding steroid dienone is 2. The molecule has 0 aromatic carbocycles. The van der Waals surface area contributed by atoms with Gasteiger partial charge >= 0.3 is 11.9 Å². The summed E-state index contributed by atoms with van der Waals surface area (Å²) in [5.41, 5.74) is 0.891. The average molecular weight is 284 g/mol. The van der Waals surface area contributed by atoms with Crippen molar-refractivity contribution in [2.45, 2.75) is 60.3 Å². The summed E-state index contributed by atoms with van der Waals surface area (Å²) in [4.78, 5) is 20.5. The zero-order valence-electron chi connectivity index (χ0n) is 13.3. The first kappa shape index (κ1) is 20.7. The number of carboxylic acids is 2. The number of unbranched alkanes of at least 4 members (excludes halogenated alkanes) is 2. The highest BCUT2D eigenvalue weighted by Crippen LogP contribution is 2.03. The molecule has 20 heavy (non-hydrogen) atoms. The Bertz CT molecular complexity index is 351. The Morgan fingerprint density at radius 1 is 1.00 bits per heavy atom. The SMILES string of the molecule is CC(=CCC(C)C)C(=O)O.CCCCC=C(C)C(=O)O. The van der Waals surface area contributed by atoms with Crippen LogP contribution in [-0.2, 0) is 9.59 Å². The highest BCUT2D eigenvalue weighted by molar-refractivity contribution is 5.86. The van der Waals surface area contributed by atoms with Gasteiger partial charge in [0.1, 0.15) is 0 Å². The Balaban J connectivity index is 0. The maximum atomic E-state index is 10.2. The van der Waals surface area contributed by atoms with E-state index in [4.69, 9.17) is 10.2 Å². The van der Waals surface area contributed by atoms with Crippen molar-refractivity contribution < 1.29 is 19.8 Å². The lowest BCUT2D eigenvalue weighted by Gasteiger charge is -1.97. The number of hydrogen-bond donors (Lipinski definition) is 2. The van der Waals surface area contributed by atoms with E-state index >= 15 is 0 Å². The van der Waals surface area contributed by atoms with E-state index in [1.54, 1.807) is 26.0 Å². The van der Waals surface area contributed by atoms with Crippen LogP contribution in [0.15, 0.2) is 23.3 Å². The summed E-state index contributed by atoms with van der Waals surface area (Å²) >= 11 is 0. The molecular weight excluding hydrogens is 256 g/mol. The Morgan fingerprint density at radius 2 is 1.45 bits per heavy atom. The van der Waals surface area contributed by atoms with Gasteiger partial charge in [-0.2, -0.15) is 0 Å². The van der Waals surface area contributed by atoms with E-state index in [1.807, 2.05) is 0 Å². The molecular formula is C16H28O4. The van der Waals surface area contributed by atoms with E-state index in [0.29, 0.717) is 17.1 Å². The van der Waals surface area contributed by atoms with E-state index < -0.39 is 11.9 Å². The van der Waals surface area contributed by atoms with Crippen molar-refractivity contribution in [2.75, 3.05) is 0 Å². The molecule has 4 heteroatoms. The molecule has 0 saturated carbocycles. The topological polar surface area (TPSA) is 74.6 Å². The van der Waals surface area contributed by atoms with Crippen LogP contribution >= 0.6 is 0 Å². The molecule has 0 aliphatic heterocycles. The maximum Gasteiger partial charge on any atom is 0.330 e. The second kappa shape index (κ2) is 12.5. The number of carboxylic acid groups (broad SMARTS) is 2. The second-order valence-corrected chi connectivity index (χ2v) is 5.16. The van der Waals surface area contributed by atoms with Crippen molar-refractivity contribution in [1.82, 2.24) is 0 Å². The van der Waals surface area contributed by atoms with Crippen molar-refractivity contribution in [3.63, 3.8) is 0 Å². The van der Waals surface area contributed by atoms with Gasteiger partial charge in [-0.1, -0.05) is 45.8 Å². The van der Waals surface area contributed by atoms with Crippen molar-refractivity contribution in [1.29, 1.82) is 0 Å². The molecule has 0 spiro atoms. The largest absolute Gasteiger partial charge is 0.478 e. The normalized spacial score (nSPS) is 11.9. The van der Waals surface area contributed by atoms with Crippen LogP contribution in [0.25, 0.3) is 0 Å². The third kappa shape index (κ3) is 14.5. The van der Waals surface area contributed by atoms with Crippen LogP contribution in [0.5, 0.6) is 0 Å². The average Bonchev–Trinajstić information content (AvgIpc) is 2.36. The Morgan fingerprint density at radius 3 is 1.80 bits per heavy atom. The van der Waals surface area contributed by atoms with Gasteiger partial charge in [-0.25, -0.2) is 9.59 Å². The summed E-state index contributed by atoms with van der Waals surface area (Å²) in [5, 5.41) is 16.8. The van der Waals surface area contributed by atoms with E-state index in [2.05, 4.69) is 20.8 Å². The van der Waals surface area contributed by atoms with Crippen LogP contribution in [-0.4, -0.2) is 22.2 Å². The molecule has 0 aromatic heterocycles. The highest BCUT2D eigenvalue weighted by Gasteiger charge is 1.98. The monoisotopic (exact) mass is 284 g/mol. The molecule has 0 unspecified atom stereocenters. The molecule has 0 radical (unpaired) electrons. The van der Waals surface area contributed by atoms with Gasteiger partial charge in [0.2, 0.25) is 0 Å². The van der Waals surface area contributed by atoms with Crippen LogP contribution in [0.3, 0.4) is 0 Å². The first-order valence-corrected chi connectivity index (χ1v) is 7.02. The number of aliphatic carboxylic acids is 2. The van der Waals surface area contributed by atoms with Gasteiger partial charge in [0.25, 0.3) is 0 Å². The van der Waals surface area contributed by atoms with Gasteiger partial charge in [-0.05, 0) is 32.6 Å². The minimum absolute atomic E-state index is 0.439. The molecule has 0 aliphatic rings. The number of rotatable bonds is 7. The molecule has 0 heterocycles. The lowest BCUT2D eigenvalue weighted by atomic mass is 10.1. The lowest BCUT2D eigenvalue weighted by Crippen LogP contribution is -1.96. The van der Waals surface area contributed by atoms with Gasteiger partial charge < -0.3 is 10.2 Å². The predicted molar refractivity (Wildman–Crippen MR) is 81.8 cm³/mol. The summed E-state index contributed by atoms with van der Waals surface area (Å²) < 4.78 is 0. The first-order valence-electron chi connectivity index (χ1n) is 7.02. The molecule has 0 amide bonds. The van der Waals surface area contributed by atoms with E-state index in [-0.39, 0.29) is 0 Å². The molecule has 0 fully saturated rings. The molecule has 0 saturated heterocycles. The van der Waals surface area contributed by atoms with Gasteiger partial charge in [-0.3, -0.25) is 0 Å². The van der Waals surface area contributed by atoms with Crippen molar-refractivity contribution in [2.24, 2.45) is 5.92 Å². The van der Waals surface area contributed by atoms with Crippen molar-refractivity contribution in [3.8, 4) is 0 Å². The number of hydrogen-bond acceptors (Lipinski definition) is 2. The van der Waals surface area contributed by atoms with E-state index in [0.717, 1.165) is 25.7 Å². The van der Waals surface area contributed by atoms with Crippen LogP contribution in [0.2, 0.25) is 0 Å². The predicted octanol–water partition coefficient (Wildman–Crippen LogP) is 4.27. The summed E-state index contributed by atoms with van der Waals surface area (Å²) in [6, 6.07) is 0. The van der Waals surface area contributed by atoms with E-state index in [1.165, 1.54) is 0 Å². The smallest absolute Gasteiger partial charge is 0.330 e. The van der Waals surface area contributed by atoms with Crippen LogP contribution < -0.4 is 0 Å². The van der Waals surface area contributed by atoms with Gasteiger partial charge in [0, 0.05) is 11.1 Å². The quantitative estimate of drug-likeness (QED) is 0.540. The highest BCUT2D eigenvalue weighted by atomic mass is 16.4. The fraction of sp³-hybridized carbons (Fsp3) is 0.625. The van der Waals surface area contributed by atoms with Crippen LogP contribution in [0, 0.1) is 5.92 Å². The van der Waals surface area contributed by atoms with E-state index in [9.17, 15) is 9.59 Å². The van der Waals surface area contributed by atoms with Crippen molar-refractivity contribution >= 4 is 11.9 Å². The molecule has 0 aliphatic carbocycles. The summed E-state index contributed by atoms with van der Waals surface area (Å²) in [6.45, 7) is 9.45. The minimum atomic E-state index is -0.819. The fourth-order valence-corrected chi connectivity index (χ4v) is 1.11. The fourth-order valence-electron chi connectivity index (χ4n) is 1.11. The first-order chi connectivity index (χ1) is 9.22. The molecule has 0 atom stereocenters. The second-order valence-electron chi connectivity index (χ2n) is 5.16. The molecule has 2 N–H and O–H groups in total. The zero-order valence-corrected chi connectivity index (χ0v) is 13.3. The molecule has 0 bridgehead atoms. The Labute approximate surface area is 122 Å². The minimum Gasteiger partial charge on any atom is -0.478 e. The summed E-state index contributed by atoms with van der Waals surface area (Å²) in [5.74, 6) is -1.09. The zero-order chi connectivity index (χ0) is 16.1. The van der Waals surface area contributed by atoms with Crippen LogP contribution in [0.4, 0.5) is 0 Å². The Hall–Kier alpha value is -1.58. The summed E-state index contributed by atoms with van der Waals surface area (Å²) in [7, 11) is 0. The molecule has 116 valence electrons. The summed E-state index contributed by atoms with van der Waals surface area (Å²) in [6.07, 6.45) is 7.44. The third-order valence-electron chi connectivity index (χ3n) is 2.58.